The van der Waals surface area contributed by atoms with E-state index >= 15 is 0 Å². The number of aliphatic hydroxyl groups excluding tert-OH is 1. The predicted molar refractivity (Wildman–Crippen MR) is 131 cm³/mol. The Morgan fingerprint density at radius 1 is 1.17 bits per heavy atom. The normalized spacial score (nSPS) is 15.8. The van der Waals surface area contributed by atoms with Gasteiger partial charge in [-0.15, -0.1) is 0 Å². The molecule has 9 heteroatoms. The number of Topliss-reactive ketones (excluding diaryl/α,β-unsaturated/α-hetero) is 1. The summed E-state index contributed by atoms with van der Waals surface area (Å²) in [6, 6.07) is 14.7. The largest absolute Gasteiger partial charge is 0.503 e. The number of ether oxygens (including phenoxy) is 2. The minimum absolute atomic E-state index is 0.0265. The van der Waals surface area contributed by atoms with Crippen LogP contribution in [-0.2, 0) is 4.79 Å². The first-order valence-corrected chi connectivity index (χ1v) is 11.9. The van der Waals surface area contributed by atoms with Crippen molar-refractivity contribution in [2.45, 2.75) is 19.4 Å². The highest BCUT2D eigenvalue weighted by Crippen LogP contribution is 2.45. The number of methoxy groups -OCH3 is 1. The molecule has 2 aromatic carbocycles. The van der Waals surface area contributed by atoms with Crippen molar-refractivity contribution in [3.8, 4) is 11.5 Å². The third-order valence-corrected chi connectivity index (χ3v) is 6.65. The fourth-order valence-electron chi connectivity index (χ4n) is 4.01. The monoisotopic (exact) mass is 490 g/mol. The van der Waals surface area contributed by atoms with Crippen LogP contribution in [0, 0.1) is 0 Å². The molecular formula is C26H22N2O6S. The highest BCUT2D eigenvalue weighted by Gasteiger charge is 2.46. The van der Waals surface area contributed by atoms with Crippen LogP contribution >= 0.6 is 11.3 Å². The molecule has 8 nitrogen and oxygen atoms in total. The van der Waals surface area contributed by atoms with Crippen LogP contribution in [0.5, 0.6) is 11.5 Å². The molecule has 0 bridgehead atoms. The van der Waals surface area contributed by atoms with Crippen LogP contribution in [0.1, 0.15) is 35.5 Å². The molecule has 0 aliphatic carbocycles. The van der Waals surface area contributed by atoms with Crippen LogP contribution in [-0.4, -0.2) is 35.5 Å². The first-order chi connectivity index (χ1) is 17.0. The fourth-order valence-corrected chi connectivity index (χ4v) is 5.03. The number of fused-ring (bicyclic) bond motifs is 1. The lowest BCUT2D eigenvalue weighted by molar-refractivity contribution is -0.117. The van der Waals surface area contributed by atoms with Gasteiger partial charge in [0.05, 0.1) is 41.8 Å². The van der Waals surface area contributed by atoms with Crippen LogP contribution in [0.4, 0.5) is 5.13 Å². The summed E-state index contributed by atoms with van der Waals surface area (Å²) in [4.78, 5) is 32.7. The summed E-state index contributed by atoms with van der Waals surface area (Å²) in [5.41, 5.74) is 1.19. The minimum atomic E-state index is -0.923. The Morgan fingerprint density at radius 3 is 2.77 bits per heavy atom. The Morgan fingerprint density at radius 2 is 2.03 bits per heavy atom. The highest BCUT2D eigenvalue weighted by molar-refractivity contribution is 7.22. The van der Waals surface area contributed by atoms with E-state index in [0.29, 0.717) is 34.3 Å². The second-order valence-corrected chi connectivity index (χ2v) is 8.91. The molecule has 0 fully saturated rings. The predicted octanol–water partition coefficient (Wildman–Crippen LogP) is 5.47. The number of amides is 1. The third-order valence-electron chi connectivity index (χ3n) is 5.63. The first-order valence-electron chi connectivity index (χ1n) is 11.0. The summed E-state index contributed by atoms with van der Waals surface area (Å²) in [5, 5.41) is 11.3. The zero-order valence-corrected chi connectivity index (χ0v) is 19.9. The Bertz CT molecular complexity index is 1440. The van der Waals surface area contributed by atoms with E-state index in [-0.39, 0.29) is 11.3 Å². The maximum Gasteiger partial charge on any atom is 0.296 e. The molecule has 35 heavy (non-hydrogen) atoms. The second kappa shape index (κ2) is 9.27. The lowest BCUT2D eigenvalue weighted by Crippen LogP contribution is -2.31. The van der Waals surface area contributed by atoms with Crippen LogP contribution in [0.25, 0.3) is 10.2 Å². The zero-order valence-electron chi connectivity index (χ0n) is 19.1. The number of anilines is 1. The summed E-state index contributed by atoms with van der Waals surface area (Å²) >= 11 is 1.27. The molecule has 1 aliphatic rings. The van der Waals surface area contributed by atoms with Crippen molar-refractivity contribution in [2.75, 3.05) is 18.6 Å². The van der Waals surface area contributed by atoms with E-state index in [1.807, 2.05) is 19.1 Å². The highest BCUT2D eigenvalue weighted by atomic mass is 32.1. The number of aromatic nitrogens is 1. The molecule has 1 amide bonds. The molecule has 0 saturated heterocycles. The number of nitrogens with zero attached hydrogens (tertiary/aromatic N) is 2. The molecule has 1 N–H and O–H groups in total. The number of carbonyl (C=O) groups is 2. The lowest BCUT2D eigenvalue weighted by atomic mass is 9.95. The van der Waals surface area contributed by atoms with Crippen molar-refractivity contribution in [1.82, 2.24) is 4.98 Å². The van der Waals surface area contributed by atoms with Gasteiger partial charge in [-0.1, -0.05) is 30.4 Å². The Hall–Kier alpha value is -4.11. The van der Waals surface area contributed by atoms with Crippen LogP contribution in [0.3, 0.4) is 0 Å². The van der Waals surface area contributed by atoms with E-state index in [2.05, 4.69) is 4.98 Å². The molecule has 4 aromatic rings. The number of thiazole rings is 1. The number of furan rings is 1. The fraction of sp³-hybridized carbons (Fsp3) is 0.192. The van der Waals surface area contributed by atoms with E-state index in [9.17, 15) is 14.7 Å². The number of hydrogen-bond acceptors (Lipinski definition) is 8. The van der Waals surface area contributed by atoms with Gasteiger partial charge in [0.25, 0.3) is 5.91 Å². The van der Waals surface area contributed by atoms with Crippen LogP contribution in [0.15, 0.2) is 76.6 Å². The van der Waals surface area contributed by atoms with Crippen molar-refractivity contribution < 1.29 is 28.6 Å². The number of carbonyl (C=O) groups excluding carboxylic acids is 2. The van der Waals surface area contributed by atoms with Crippen molar-refractivity contribution in [3.63, 3.8) is 0 Å². The van der Waals surface area contributed by atoms with Gasteiger partial charge in [0.1, 0.15) is 11.5 Å². The van der Waals surface area contributed by atoms with Crippen molar-refractivity contribution in [1.29, 1.82) is 0 Å². The van der Waals surface area contributed by atoms with Crippen LogP contribution < -0.4 is 14.4 Å². The average Bonchev–Trinajstić information content (AvgIpc) is 3.61. The second-order valence-electron chi connectivity index (χ2n) is 7.90. The molecule has 2 aromatic heterocycles. The molecule has 3 heterocycles. The van der Waals surface area contributed by atoms with Gasteiger partial charge >= 0.3 is 0 Å². The van der Waals surface area contributed by atoms with E-state index in [1.165, 1.54) is 28.6 Å². The van der Waals surface area contributed by atoms with E-state index in [4.69, 9.17) is 13.9 Å². The molecule has 0 saturated carbocycles. The van der Waals surface area contributed by atoms with Gasteiger partial charge in [-0.05, 0) is 54.4 Å². The Balaban J connectivity index is 1.65. The van der Waals surface area contributed by atoms with Crippen molar-refractivity contribution >= 4 is 38.4 Å². The Labute approximate surface area is 205 Å². The van der Waals surface area contributed by atoms with Gasteiger partial charge in [-0.3, -0.25) is 14.5 Å². The lowest BCUT2D eigenvalue weighted by Gasteiger charge is -2.24. The number of benzene rings is 2. The molecule has 0 radical (unpaired) electrons. The standard InChI is InChI=1S/C26H22N2O6S/c1-3-11-33-17-7-4-6-15(13-17)22-21(23(29)19-8-5-12-34-19)24(30)25(31)28(22)26-27-18-10-9-16(32-2)14-20(18)35-26/h4-10,12-14,22,30H,3,11H2,1-2H3. The summed E-state index contributed by atoms with van der Waals surface area (Å²) in [6.45, 7) is 2.53. The number of ketones is 1. The maximum absolute atomic E-state index is 13.4. The van der Waals surface area contributed by atoms with Gasteiger partial charge in [0.15, 0.2) is 16.7 Å². The SMILES string of the molecule is CCCOc1cccc(C2C(C(=O)c3ccco3)=C(O)C(=O)N2c2nc3ccc(OC)cc3s2)c1. The topological polar surface area (TPSA) is 102 Å². The van der Waals surface area contributed by atoms with Gasteiger partial charge < -0.3 is 19.0 Å². The molecular weight excluding hydrogens is 468 g/mol. The van der Waals surface area contributed by atoms with Gasteiger partial charge in [-0.25, -0.2) is 4.98 Å². The smallest absolute Gasteiger partial charge is 0.296 e. The number of hydrogen-bond donors (Lipinski definition) is 1. The van der Waals surface area contributed by atoms with E-state index < -0.39 is 23.5 Å². The van der Waals surface area contributed by atoms with E-state index in [1.54, 1.807) is 43.5 Å². The van der Waals surface area contributed by atoms with E-state index in [0.717, 1.165) is 11.1 Å². The summed E-state index contributed by atoms with van der Waals surface area (Å²) in [7, 11) is 1.57. The van der Waals surface area contributed by atoms with Gasteiger partial charge in [-0.2, -0.15) is 0 Å². The van der Waals surface area contributed by atoms with Crippen LogP contribution in [0.2, 0.25) is 0 Å². The number of rotatable bonds is 8. The maximum atomic E-state index is 13.4. The summed E-state index contributed by atoms with van der Waals surface area (Å²) in [5.74, 6) is -0.632. The molecule has 5 rings (SSSR count). The Kier molecular flexibility index (Phi) is 6.00. The van der Waals surface area contributed by atoms with Gasteiger partial charge in [0, 0.05) is 0 Å². The summed E-state index contributed by atoms with van der Waals surface area (Å²) in [6.07, 6.45) is 2.20. The molecule has 178 valence electrons. The molecule has 1 atom stereocenters. The quantitative estimate of drug-likeness (QED) is 0.327. The van der Waals surface area contributed by atoms with Crippen molar-refractivity contribution in [3.05, 3.63) is 83.5 Å². The minimum Gasteiger partial charge on any atom is -0.503 e. The average molecular weight is 491 g/mol. The first kappa shape index (κ1) is 22.7. The zero-order chi connectivity index (χ0) is 24.5. The molecule has 1 unspecified atom stereocenters. The third kappa shape index (κ3) is 4.04. The molecule has 1 aliphatic heterocycles. The number of aliphatic hydroxyl groups is 1. The summed E-state index contributed by atoms with van der Waals surface area (Å²) < 4.78 is 17.2. The van der Waals surface area contributed by atoms with Gasteiger partial charge in [0.2, 0.25) is 5.78 Å². The van der Waals surface area contributed by atoms with Crippen molar-refractivity contribution in [2.24, 2.45) is 0 Å². The molecule has 0 spiro atoms.